The fourth-order valence-electron chi connectivity index (χ4n) is 4.29. The van der Waals surface area contributed by atoms with Crippen molar-refractivity contribution in [3.05, 3.63) is 113 Å². The molecule has 34 heavy (non-hydrogen) atoms. The van der Waals surface area contributed by atoms with Crippen LogP contribution >= 0.6 is 0 Å². The third kappa shape index (κ3) is 4.13. The summed E-state index contributed by atoms with van der Waals surface area (Å²) in [5.41, 5.74) is 4.82. The summed E-state index contributed by atoms with van der Waals surface area (Å²) in [5.74, 6) is -1.29. The molecule has 1 aliphatic heterocycles. The van der Waals surface area contributed by atoms with Gasteiger partial charge in [0.1, 0.15) is 5.57 Å². The molecule has 5 rings (SSSR count). The Morgan fingerprint density at radius 3 is 2.35 bits per heavy atom. The number of benzene rings is 3. The number of para-hydroxylation sites is 1. The van der Waals surface area contributed by atoms with Crippen LogP contribution in [-0.4, -0.2) is 27.3 Å². The van der Waals surface area contributed by atoms with Crippen molar-refractivity contribution in [1.82, 2.24) is 14.8 Å². The predicted molar refractivity (Wildman–Crippen MR) is 131 cm³/mol. The average Bonchev–Trinajstić information content (AvgIpc) is 3.17. The van der Waals surface area contributed by atoms with E-state index in [2.05, 4.69) is 35.0 Å². The number of urea groups is 1. The normalized spacial score (nSPS) is 15.3. The molecule has 168 valence electrons. The van der Waals surface area contributed by atoms with Gasteiger partial charge in [-0.2, -0.15) is 0 Å². The summed E-state index contributed by atoms with van der Waals surface area (Å²) in [6, 6.07) is 24.7. The number of rotatable bonds is 5. The summed E-state index contributed by atoms with van der Waals surface area (Å²) in [6.07, 6.45) is 3.52. The molecule has 6 nitrogen and oxygen atoms in total. The van der Waals surface area contributed by atoms with Crippen LogP contribution in [0.4, 0.5) is 4.79 Å². The lowest BCUT2D eigenvalue weighted by Gasteiger charge is -2.26. The summed E-state index contributed by atoms with van der Waals surface area (Å²) >= 11 is 0. The van der Waals surface area contributed by atoms with Crippen molar-refractivity contribution in [3.8, 4) is 0 Å². The fraction of sp³-hybridized carbons (Fsp3) is 0.107. The van der Waals surface area contributed by atoms with Gasteiger partial charge in [-0.05, 0) is 30.2 Å². The Bertz CT molecular complexity index is 1450. The molecule has 0 saturated carbocycles. The third-order valence-electron chi connectivity index (χ3n) is 5.92. The highest BCUT2D eigenvalue weighted by Gasteiger charge is 2.35. The molecule has 0 bridgehead atoms. The Morgan fingerprint density at radius 1 is 0.824 bits per heavy atom. The van der Waals surface area contributed by atoms with Crippen LogP contribution in [-0.2, 0) is 22.7 Å². The number of aromatic nitrogens is 1. The van der Waals surface area contributed by atoms with Gasteiger partial charge in [-0.3, -0.25) is 19.8 Å². The van der Waals surface area contributed by atoms with Gasteiger partial charge >= 0.3 is 6.03 Å². The van der Waals surface area contributed by atoms with E-state index in [1.54, 1.807) is 6.08 Å². The van der Waals surface area contributed by atoms with Gasteiger partial charge in [0.25, 0.3) is 11.8 Å². The molecule has 0 aliphatic carbocycles. The number of amides is 4. The van der Waals surface area contributed by atoms with E-state index >= 15 is 0 Å². The first-order valence-electron chi connectivity index (χ1n) is 11.1. The Morgan fingerprint density at radius 2 is 1.56 bits per heavy atom. The SMILES string of the molecule is Cc1cccc(Cn2cc(/C=C3\C(=O)NC(=O)N(Cc4ccccc4)C3=O)c3ccccc32)c1. The van der Waals surface area contributed by atoms with Gasteiger partial charge in [0.2, 0.25) is 0 Å². The van der Waals surface area contributed by atoms with E-state index in [-0.39, 0.29) is 12.1 Å². The van der Waals surface area contributed by atoms with Crippen LogP contribution in [0, 0.1) is 6.92 Å². The molecular weight excluding hydrogens is 426 g/mol. The molecular formula is C28H23N3O3. The Kier molecular flexibility index (Phi) is 5.55. The Balaban J connectivity index is 1.52. The molecule has 0 radical (unpaired) electrons. The molecule has 0 atom stereocenters. The first-order chi connectivity index (χ1) is 16.5. The Labute approximate surface area is 197 Å². The molecule has 1 saturated heterocycles. The number of carbonyl (C=O) groups is 3. The van der Waals surface area contributed by atoms with Crippen LogP contribution < -0.4 is 5.32 Å². The lowest BCUT2D eigenvalue weighted by Crippen LogP contribution is -2.53. The number of nitrogens with one attached hydrogen (secondary N) is 1. The highest BCUT2D eigenvalue weighted by molar-refractivity contribution is 6.31. The second kappa shape index (κ2) is 8.83. The van der Waals surface area contributed by atoms with Gasteiger partial charge < -0.3 is 4.57 Å². The number of carbonyl (C=O) groups excluding carboxylic acids is 3. The van der Waals surface area contributed by atoms with Gasteiger partial charge in [-0.1, -0.05) is 78.4 Å². The largest absolute Gasteiger partial charge is 0.342 e. The van der Waals surface area contributed by atoms with Crippen molar-refractivity contribution < 1.29 is 14.4 Å². The maximum atomic E-state index is 13.2. The van der Waals surface area contributed by atoms with Crippen LogP contribution in [0.2, 0.25) is 0 Å². The van der Waals surface area contributed by atoms with Gasteiger partial charge in [0.15, 0.2) is 0 Å². The third-order valence-corrected chi connectivity index (χ3v) is 5.92. The summed E-state index contributed by atoms with van der Waals surface area (Å²) < 4.78 is 2.11. The number of nitrogens with zero attached hydrogens (tertiary/aromatic N) is 2. The number of fused-ring (bicyclic) bond motifs is 1. The standard InChI is InChI=1S/C28H23N3O3/c1-19-8-7-11-21(14-19)16-30-18-22(23-12-5-6-13-25(23)30)15-24-26(32)29-28(34)31(27(24)33)17-20-9-3-2-4-10-20/h2-15,18H,16-17H2,1H3,(H,29,32,34)/b24-15+. The van der Waals surface area contributed by atoms with Crippen LogP contribution in [0.1, 0.15) is 22.3 Å². The molecule has 3 aromatic carbocycles. The molecule has 1 N–H and O–H groups in total. The van der Waals surface area contributed by atoms with E-state index < -0.39 is 17.8 Å². The van der Waals surface area contributed by atoms with Crippen molar-refractivity contribution in [3.63, 3.8) is 0 Å². The lowest BCUT2D eigenvalue weighted by molar-refractivity contribution is -0.130. The zero-order chi connectivity index (χ0) is 23.7. The maximum Gasteiger partial charge on any atom is 0.331 e. The van der Waals surface area contributed by atoms with Crippen molar-refractivity contribution in [2.45, 2.75) is 20.0 Å². The first-order valence-corrected chi connectivity index (χ1v) is 11.1. The minimum atomic E-state index is -0.710. The summed E-state index contributed by atoms with van der Waals surface area (Å²) in [5, 5.41) is 3.23. The van der Waals surface area contributed by atoms with E-state index in [1.165, 1.54) is 5.56 Å². The molecule has 4 aromatic rings. The molecule has 1 aromatic heterocycles. The van der Waals surface area contributed by atoms with E-state index in [0.717, 1.165) is 32.5 Å². The summed E-state index contributed by atoms with van der Waals surface area (Å²) in [4.78, 5) is 39.3. The summed E-state index contributed by atoms with van der Waals surface area (Å²) in [7, 11) is 0. The predicted octanol–water partition coefficient (Wildman–Crippen LogP) is 4.66. The summed E-state index contributed by atoms with van der Waals surface area (Å²) in [6.45, 7) is 2.80. The van der Waals surface area contributed by atoms with Crippen LogP contribution in [0.25, 0.3) is 17.0 Å². The topological polar surface area (TPSA) is 71.4 Å². The number of hydrogen-bond donors (Lipinski definition) is 1. The average molecular weight is 450 g/mol. The zero-order valence-electron chi connectivity index (χ0n) is 18.7. The van der Waals surface area contributed by atoms with Crippen molar-refractivity contribution >= 4 is 34.8 Å². The molecule has 6 heteroatoms. The minimum Gasteiger partial charge on any atom is -0.342 e. The number of imide groups is 2. The van der Waals surface area contributed by atoms with Crippen molar-refractivity contribution in [1.29, 1.82) is 0 Å². The van der Waals surface area contributed by atoms with Crippen LogP contribution in [0.3, 0.4) is 0 Å². The van der Waals surface area contributed by atoms with Gasteiger partial charge in [-0.15, -0.1) is 0 Å². The molecule has 0 unspecified atom stereocenters. The molecule has 1 fully saturated rings. The number of hydrogen-bond acceptors (Lipinski definition) is 3. The van der Waals surface area contributed by atoms with E-state index in [1.807, 2.05) is 66.9 Å². The Hall–Kier alpha value is -4.45. The smallest absolute Gasteiger partial charge is 0.331 e. The van der Waals surface area contributed by atoms with Crippen molar-refractivity contribution in [2.75, 3.05) is 0 Å². The highest BCUT2D eigenvalue weighted by Crippen LogP contribution is 2.26. The van der Waals surface area contributed by atoms with Crippen molar-refractivity contribution in [2.24, 2.45) is 0 Å². The molecule has 4 amide bonds. The monoisotopic (exact) mass is 449 g/mol. The fourth-order valence-corrected chi connectivity index (χ4v) is 4.29. The van der Waals surface area contributed by atoms with Gasteiger partial charge in [0, 0.05) is 29.2 Å². The highest BCUT2D eigenvalue weighted by atomic mass is 16.2. The molecule has 0 spiro atoms. The minimum absolute atomic E-state index is 0.0611. The number of barbiturate groups is 1. The van der Waals surface area contributed by atoms with E-state index in [4.69, 9.17) is 0 Å². The molecule has 2 heterocycles. The van der Waals surface area contributed by atoms with E-state index in [0.29, 0.717) is 6.54 Å². The van der Waals surface area contributed by atoms with E-state index in [9.17, 15) is 14.4 Å². The van der Waals surface area contributed by atoms with Gasteiger partial charge in [0.05, 0.1) is 6.54 Å². The molecule has 1 aliphatic rings. The second-order valence-electron chi connectivity index (χ2n) is 8.41. The maximum absolute atomic E-state index is 13.2. The quantitative estimate of drug-likeness (QED) is 0.356. The zero-order valence-corrected chi connectivity index (χ0v) is 18.7. The first kappa shape index (κ1) is 21.4. The number of aryl methyl sites for hydroxylation is 1. The lowest BCUT2D eigenvalue weighted by atomic mass is 10.1. The second-order valence-corrected chi connectivity index (χ2v) is 8.41. The van der Waals surface area contributed by atoms with Crippen LogP contribution in [0.5, 0.6) is 0 Å². The van der Waals surface area contributed by atoms with Crippen LogP contribution in [0.15, 0.2) is 90.6 Å². The van der Waals surface area contributed by atoms with Gasteiger partial charge in [-0.25, -0.2) is 4.79 Å².